The molecule has 0 heterocycles. The molecule has 2 unspecified atom stereocenters. The van der Waals surface area contributed by atoms with Gasteiger partial charge in [-0.3, -0.25) is 14.9 Å². The molecular weight excluding hydrogens is 454 g/mol. The van der Waals surface area contributed by atoms with E-state index >= 15 is 0 Å². The highest BCUT2D eigenvalue weighted by atomic mass is 35.5. The molecule has 0 bridgehead atoms. The third-order valence-electron chi connectivity index (χ3n) is 5.87. The quantitative estimate of drug-likeness (QED) is 0.393. The van der Waals surface area contributed by atoms with Gasteiger partial charge >= 0.3 is 0 Å². The van der Waals surface area contributed by atoms with Gasteiger partial charge in [0, 0.05) is 19.6 Å². The number of ketones is 2. The second kappa shape index (κ2) is 8.82. The molecular formula is C22H26ClN3O5S. The Hall–Kier alpha value is -2.46. The van der Waals surface area contributed by atoms with Gasteiger partial charge in [0.15, 0.2) is 5.75 Å². The number of anilines is 1. The highest BCUT2D eigenvalue weighted by molar-refractivity contribution is 7.89. The van der Waals surface area contributed by atoms with Crippen LogP contribution in [0.4, 0.5) is 5.69 Å². The van der Waals surface area contributed by atoms with Crippen molar-refractivity contribution < 1.29 is 23.1 Å². The molecule has 3 N–H and O–H groups in total. The molecule has 3 rings (SSSR count). The number of hydrogen-bond acceptors (Lipinski definition) is 7. The van der Waals surface area contributed by atoms with Crippen LogP contribution in [-0.2, 0) is 25.2 Å². The number of hydrogen-bond donors (Lipinski definition) is 3. The summed E-state index contributed by atoms with van der Waals surface area (Å²) in [5, 5.41) is 16.6. The number of halogens is 1. The lowest BCUT2D eigenvalue weighted by Crippen LogP contribution is -2.70. The Morgan fingerprint density at radius 2 is 1.66 bits per heavy atom. The summed E-state index contributed by atoms with van der Waals surface area (Å²) in [6.45, 7) is 3.91. The van der Waals surface area contributed by atoms with Crippen LogP contribution in [0.15, 0.2) is 47.4 Å². The molecule has 3 atom stereocenters. The molecule has 8 nitrogen and oxygen atoms in total. The summed E-state index contributed by atoms with van der Waals surface area (Å²) in [5.74, 6) is -1.84. The topological polar surface area (TPSA) is 116 Å². The van der Waals surface area contributed by atoms with E-state index in [2.05, 4.69) is 10.6 Å². The van der Waals surface area contributed by atoms with Gasteiger partial charge in [0.05, 0.1) is 10.7 Å². The summed E-state index contributed by atoms with van der Waals surface area (Å²) in [7, 11) is -1.42. The van der Waals surface area contributed by atoms with E-state index < -0.39 is 49.9 Å². The summed E-state index contributed by atoms with van der Waals surface area (Å²) in [6.07, 6.45) is 0.652. The lowest BCUT2D eigenvalue weighted by molar-refractivity contribution is -0.146. The van der Waals surface area contributed by atoms with Crippen molar-refractivity contribution in [3.8, 4) is 5.75 Å². The van der Waals surface area contributed by atoms with E-state index in [0.717, 1.165) is 9.87 Å². The highest BCUT2D eigenvalue weighted by Crippen LogP contribution is 2.39. The number of benzene rings is 2. The van der Waals surface area contributed by atoms with Crippen molar-refractivity contribution in [1.82, 2.24) is 9.62 Å². The van der Waals surface area contributed by atoms with E-state index in [1.54, 1.807) is 0 Å². The minimum absolute atomic E-state index is 0.00890. The molecule has 1 fully saturated rings. The average molecular weight is 480 g/mol. The molecule has 32 heavy (non-hydrogen) atoms. The molecule has 1 aliphatic rings. The number of nitrogens with zero attached hydrogens (tertiary/aromatic N) is 1. The third-order valence-corrected chi connectivity index (χ3v) is 8.18. The number of carbonyl (C=O) groups excluding carboxylic acids is 2. The monoisotopic (exact) mass is 479 g/mol. The number of carbonyl (C=O) groups is 2. The summed E-state index contributed by atoms with van der Waals surface area (Å²) < 4.78 is 26.1. The molecule has 0 aliphatic heterocycles. The molecule has 1 saturated carbocycles. The molecule has 10 heteroatoms. The van der Waals surface area contributed by atoms with E-state index in [4.69, 9.17) is 11.6 Å². The number of phenolic OH excluding ortho intramolecular Hbond substituents is 1. The zero-order chi connectivity index (χ0) is 23.8. The predicted octanol–water partition coefficient (Wildman–Crippen LogP) is 2.51. The van der Waals surface area contributed by atoms with Gasteiger partial charge in [-0.15, -0.1) is 0 Å². The maximum atomic E-state index is 12.6. The number of nitrogens with one attached hydrogen (secondary N) is 2. The van der Waals surface area contributed by atoms with Crippen molar-refractivity contribution in [2.24, 2.45) is 0 Å². The number of aromatic hydroxyl groups is 1. The number of Topliss-reactive ketones (excluding diaryl/α,β-unsaturated/α-hetero) is 2. The molecule has 0 radical (unpaired) electrons. The first kappa shape index (κ1) is 24.2. The lowest BCUT2D eigenvalue weighted by Gasteiger charge is -2.42. The molecule has 0 amide bonds. The van der Waals surface area contributed by atoms with E-state index in [0.29, 0.717) is 6.42 Å². The fourth-order valence-electron chi connectivity index (χ4n) is 3.61. The molecule has 1 aliphatic carbocycles. The van der Waals surface area contributed by atoms with E-state index in [-0.39, 0.29) is 10.7 Å². The Bertz CT molecular complexity index is 1150. The molecule has 0 aromatic heterocycles. The largest absolute Gasteiger partial charge is 0.504 e. The van der Waals surface area contributed by atoms with Crippen LogP contribution in [0.1, 0.15) is 25.8 Å². The Balaban J connectivity index is 1.92. The van der Waals surface area contributed by atoms with Crippen LogP contribution >= 0.6 is 11.6 Å². The van der Waals surface area contributed by atoms with Crippen LogP contribution in [0, 0.1) is 0 Å². The average Bonchev–Trinajstić information content (AvgIpc) is 2.77. The van der Waals surface area contributed by atoms with Crippen LogP contribution < -0.4 is 10.6 Å². The van der Waals surface area contributed by atoms with Crippen molar-refractivity contribution in [2.75, 3.05) is 19.4 Å². The predicted molar refractivity (Wildman–Crippen MR) is 122 cm³/mol. The van der Waals surface area contributed by atoms with Gasteiger partial charge in [0.2, 0.25) is 21.6 Å². The minimum atomic E-state index is -4.05. The summed E-state index contributed by atoms with van der Waals surface area (Å²) in [4.78, 5) is 24.3. The van der Waals surface area contributed by atoms with Gasteiger partial charge < -0.3 is 10.4 Å². The Labute approximate surface area is 192 Å². The van der Waals surface area contributed by atoms with E-state index in [1.165, 1.54) is 26.2 Å². The van der Waals surface area contributed by atoms with Gasteiger partial charge in [-0.05, 0) is 31.0 Å². The second-order valence-corrected chi connectivity index (χ2v) is 10.6. The Kier molecular flexibility index (Phi) is 6.67. The summed E-state index contributed by atoms with van der Waals surface area (Å²) in [6, 6.07) is 10.4. The van der Waals surface area contributed by atoms with Crippen LogP contribution in [-0.4, -0.2) is 55.6 Å². The smallest absolute Gasteiger partial charge is 0.247 e. The second-order valence-electron chi connectivity index (χ2n) is 8.08. The highest BCUT2D eigenvalue weighted by Gasteiger charge is 2.51. The van der Waals surface area contributed by atoms with Crippen LogP contribution in [0.5, 0.6) is 5.75 Å². The van der Waals surface area contributed by atoms with Gasteiger partial charge in [0.25, 0.3) is 0 Å². The maximum absolute atomic E-state index is 12.6. The first-order valence-corrected chi connectivity index (χ1v) is 11.9. The number of phenols is 1. The summed E-state index contributed by atoms with van der Waals surface area (Å²) >= 11 is 6.04. The Morgan fingerprint density at radius 3 is 2.22 bits per heavy atom. The lowest BCUT2D eigenvalue weighted by atomic mass is 9.79. The van der Waals surface area contributed by atoms with Crippen LogP contribution in [0.3, 0.4) is 0 Å². The molecule has 172 valence electrons. The maximum Gasteiger partial charge on any atom is 0.247 e. The zero-order valence-electron chi connectivity index (χ0n) is 18.2. The normalized spacial score (nSPS) is 20.7. The minimum Gasteiger partial charge on any atom is -0.504 e. The van der Waals surface area contributed by atoms with Gasteiger partial charge in [0.1, 0.15) is 17.0 Å². The van der Waals surface area contributed by atoms with E-state index in [1.807, 2.05) is 44.2 Å². The molecule has 2 aromatic rings. The third kappa shape index (κ3) is 4.13. The summed E-state index contributed by atoms with van der Waals surface area (Å²) in [5.41, 5.74) is 0.372. The fraction of sp³-hybridized carbons (Fsp3) is 0.364. The fourth-order valence-corrected chi connectivity index (χ4v) is 5.09. The molecule has 0 saturated heterocycles. The van der Waals surface area contributed by atoms with Crippen molar-refractivity contribution in [1.29, 1.82) is 0 Å². The SMILES string of the molecule is CC[C@@](C)(NC1C(=O)C(=O)C1Nc1ccc(Cl)c(S(=O)(=O)N(C)C)c1O)c1ccccc1. The van der Waals surface area contributed by atoms with Crippen molar-refractivity contribution in [2.45, 2.75) is 42.8 Å². The van der Waals surface area contributed by atoms with Crippen molar-refractivity contribution in [3.05, 3.63) is 53.1 Å². The van der Waals surface area contributed by atoms with Gasteiger partial charge in [-0.25, -0.2) is 12.7 Å². The van der Waals surface area contributed by atoms with Crippen molar-refractivity contribution in [3.63, 3.8) is 0 Å². The first-order chi connectivity index (χ1) is 14.9. The van der Waals surface area contributed by atoms with E-state index in [9.17, 15) is 23.1 Å². The number of rotatable bonds is 8. The van der Waals surface area contributed by atoms with Crippen molar-refractivity contribution >= 4 is 38.9 Å². The molecule has 0 spiro atoms. The number of sulfonamides is 1. The van der Waals surface area contributed by atoms with Gasteiger partial charge in [-0.1, -0.05) is 48.9 Å². The standard InChI is InChI=1S/C22H26ClN3O5S/c1-5-22(2,13-9-7-6-8-10-13)25-17-16(19(28)20(17)29)24-15-12-11-14(23)21(18(15)27)32(30,31)26(3)4/h6-12,16-17,24-25,27H,5H2,1-4H3/t16?,17?,22-/m1/s1. The first-order valence-electron chi connectivity index (χ1n) is 10.1. The van der Waals surface area contributed by atoms with Gasteiger partial charge in [-0.2, -0.15) is 0 Å². The molecule has 2 aromatic carbocycles. The zero-order valence-corrected chi connectivity index (χ0v) is 19.8. The Morgan fingerprint density at radius 1 is 1.06 bits per heavy atom. The van der Waals surface area contributed by atoms with Crippen LogP contribution in [0.2, 0.25) is 5.02 Å². The van der Waals surface area contributed by atoms with Crippen LogP contribution in [0.25, 0.3) is 0 Å².